The van der Waals surface area contributed by atoms with Gasteiger partial charge >= 0.3 is 0 Å². The van der Waals surface area contributed by atoms with Crippen molar-refractivity contribution in [3.63, 3.8) is 0 Å². The molecule has 1 N–H and O–H groups in total. The average Bonchev–Trinajstić information content (AvgIpc) is 2.87. The normalized spacial score (nSPS) is 10.6. The van der Waals surface area contributed by atoms with Gasteiger partial charge in [-0.1, -0.05) is 0 Å². The van der Waals surface area contributed by atoms with Crippen LogP contribution in [0, 0.1) is 0 Å². The summed E-state index contributed by atoms with van der Waals surface area (Å²) in [4.78, 5) is 15.7. The SMILES string of the molecule is COc1ccc(-c2ncnc3[nH]ccc23)cn1. The highest BCUT2D eigenvalue weighted by molar-refractivity contribution is 5.90. The molecule has 17 heavy (non-hydrogen) atoms. The number of aromatic nitrogens is 4. The summed E-state index contributed by atoms with van der Waals surface area (Å²) in [5, 5.41) is 0.986. The minimum absolute atomic E-state index is 0.591. The molecule has 3 aromatic heterocycles. The van der Waals surface area contributed by atoms with Crippen LogP contribution in [0.2, 0.25) is 0 Å². The Bertz CT molecular complexity index is 645. The molecule has 3 rings (SSSR count). The number of hydrogen-bond acceptors (Lipinski definition) is 4. The molecule has 5 nitrogen and oxygen atoms in total. The minimum Gasteiger partial charge on any atom is -0.481 e. The molecule has 0 spiro atoms. The lowest BCUT2D eigenvalue weighted by Crippen LogP contribution is -1.90. The second-order valence-corrected chi connectivity index (χ2v) is 3.55. The topological polar surface area (TPSA) is 63.7 Å². The maximum atomic E-state index is 5.03. The molecule has 0 aliphatic rings. The van der Waals surface area contributed by atoms with Crippen molar-refractivity contribution in [1.82, 2.24) is 19.9 Å². The highest BCUT2D eigenvalue weighted by Gasteiger charge is 2.07. The molecule has 0 radical (unpaired) electrons. The first-order valence-corrected chi connectivity index (χ1v) is 5.17. The van der Waals surface area contributed by atoms with Crippen LogP contribution < -0.4 is 4.74 Å². The van der Waals surface area contributed by atoms with E-state index in [1.807, 2.05) is 24.4 Å². The number of methoxy groups -OCH3 is 1. The number of H-pyrrole nitrogens is 1. The predicted octanol–water partition coefficient (Wildman–Crippen LogP) is 2.03. The van der Waals surface area contributed by atoms with Gasteiger partial charge < -0.3 is 9.72 Å². The molecular formula is C12H10N4O. The van der Waals surface area contributed by atoms with Gasteiger partial charge in [0, 0.05) is 29.4 Å². The Kier molecular flexibility index (Phi) is 2.22. The van der Waals surface area contributed by atoms with Crippen molar-refractivity contribution in [2.45, 2.75) is 0 Å². The van der Waals surface area contributed by atoms with E-state index in [1.54, 1.807) is 19.6 Å². The third-order valence-corrected chi connectivity index (χ3v) is 2.57. The van der Waals surface area contributed by atoms with E-state index in [-0.39, 0.29) is 0 Å². The van der Waals surface area contributed by atoms with E-state index < -0.39 is 0 Å². The first-order valence-electron chi connectivity index (χ1n) is 5.17. The average molecular weight is 226 g/mol. The molecule has 0 aliphatic heterocycles. The third-order valence-electron chi connectivity index (χ3n) is 2.57. The molecular weight excluding hydrogens is 216 g/mol. The number of hydrogen-bond donors (Lipinski definition) is 1. The van der Waals surface area contributed by atoms with Crippen molar-refractivity contribution in [3.05, 3.63) is 36.9 Å². The van der Waals surface area contributed by atoms with Crippen LogP contribution in [0.25, 0.3) is 22.3 Å². The van der Waals surface area contributed by atoms with Crippen molar-refractivity contribution in [3.8, 4) is 17.1 Å². The van der Waals surface area contributed by atoms with Crippen molar-refractivity contribution >= 4 is 11.0 Å². The van der Waals surface area contributed by atoms with Crippen LogP contribution >= 0.6 is 0 Å². The zero-order valence-corrected chi connectivity index (χ0v) is 9.21. The van der Waals surface area contributed by atoms with Gasteiger partial charge in [0.2, 0.25) is 5.88 Å². The number of nitrogens with zero attached hydrogens (tertiary/aromatic N) is 3. The maximum Gasteiger partial charge on any atom is 0.212 e. The Labute approximate surface area is 97.5 Å². The summed E-state index contributed by atoms with van der Waals surface area (Å²) in [5.74, 6) is 0.591. The monoisotopic (exact) mass is 226 g/mol. The molecule has 0 saturated heterocycles. The summed E-state index contributed by atoms with van der Waals surface area (Å²) < 4.78 is 5.03. The maximum absolute atomic E-state index is 5.03. The number of aromatic amines is 1. The molecule has 0 bridgehead atoms. The van der Waals surface area contributed by atoms with Gasteiger partial charge in [-0.15, -0.1) is 0 Å². The summed E-state index contributed by atoms with van der Waals surface area (Å²) >= 11 is 0. The summed E-state index contributed by atoms with van der Waals surface area (Å²) in [7, 11) is 1.59. The van der Waals surface area contributed by atoms with Crippen LogP contribution in [0.3, 0.4) is 0 Å². The summed E-state index contributed by atoms with van der Waals surface area (Å²) in [6.07, 6.45) is 5.13. The van der Waals surface area contributed by atoms with Gasteiger partial charge in [0.15, 0.2) is 0 Å². The Balaban J connectivity index is 2.16. The molecule has 5 heteroatoms. The first kappa shape index (κ1) is 9.77. The summed E-state index contributed by atoms with van der Waals surface area (Å²) in [5.41, 5.74) is 2.63. The summed E-state index contributed by atoms with van der Waals surface area (Å²) in [6, 6.07) is 5.70. The first-order chi connectivity index (χ1) is 8.38. The molecule has 0 aromatic carbocycles. The fourth-order valence-electron chi connectivity index (χ4n) is 1.74. The lowest BCUT2D eigenvalue weighted by atomic mass is 10.1. The lowest BCUT2D eigenvalue weighted by Gasteiger charge is -2.02. The second-order valence-electron chi connectivity index (χ2n) is 3.55. The van der Waals surface area contributed by atoms with Gasteiger partial charge in [-0.2, -0.15) is 0 Å². The van der Waals surface area contributed by atoms with Crippen LogP contribution in [0.1, 0.15) is 0 Å². The molecule has 0 atom stereocenters. The lowest BCUT2D eigenvalue weighted by molar-refractivity contribution is 0.398. The number of ether oxygens (including phenoxy) is 1. The molecule has 3 aromatic rings. The fraction of sp³-hybridized carbons (Fsp3) is 0.0833. The zero-order valence-electron chi connectivity index (χ0n) is 9.21. The van der Waals surface area contributed by atoms with Gasteiger partial charge in [0.25, 0.3) is 0 Å². The van der Waals surface area contributed by atoms with Crippen molar-refractivity contribution in [2.24, 2.45) is 0 Å². The van der Waals surface area contributed by atoms with Crippen LogP contribution in [0.5, 0.6) is 5.88 Å². The molecule has 84 valence electrons. The highest BCUT2D eigenvalue weighted by atomic mass is 16.5. The molecule has 0 aliphatic carbocycles. The Morgan fingerprint density at radius 3 is 2.82 bits per heavy atom. The van der Waals surface area contributed by atoms with E-state index in [2.05, 4.69) is 19.9 Å². The number of pyridine rings is 1. The number of nitrogens with one attached hydrogen (secondary N) is 1. The Hall–Kier alpha value is -2.43. The quantitative estimate of drug-likeness (QED) is 0.726. The van der Waals surface area contributed by atoms with E-state index in [0.29, 0.717) is 5.88 Å². The molecule has 0 saturated carbocycles. The van der Waals surface area contributed by atoms with Crippen LogP contribution in [0.15, 0.2) is 36.9 Å². The largest absolute Gasteiger partial charge is 0.481 e. The van der Waals surface area contributed by atoms with Gasteiger partial charge in [-0.05, 0) is 12.1 Å². The predicted molar refractivity (Wildman–Crippen MR) is 63.7 cm³/mol. The van der Waals surface area contributed by atoms with Gasteiger partial charge in [-0.25, -0.2) is 15.0 Å². The molecule has 0 fully saturated rings. The van der Waals surface area contributed by atoms with Crippen molar-refractivity contribution in [1.29, 1.82) is 0 Å². The minimum atomic E-state index is 0.591. The van der Waals surface area contributed by atoms with Gasteiger partial charge in [-0.3, -0.25) is 0 Å². The molecule has 0 unspecified atom stereocenters. The third kappa shape index (κ3) is 1.61. The highest BCUT2D eigenvalue weighted by Crippen LogP contribution is 2.24. The van der Waals surface area contributed by atoms with E-state index in [1.165, 1.54) is 0 Å². The van der Waals surface area contributed by atoms with Crippen LogP contribution in [-0.4, -0.2) is 27.0 Å². The van der Waals surface area contributed by atoms with E-state index in [9.17, 15) is 0 Å². The van der Waals surface area contributed by atoms with Crippen molar-refractivity contribution in [2.75, 3.05) is 7.11 Å². The van der Waals surface area contributed by atoms with Crippen LogP contribution in [-0.2, 0) is 0 Å². The van der Waals surface area contributed by atoms with Crippen LogP contribution in [0.4, 0.5) is 0 Å². The van der Waals surface area contributed by atoms with Crippen molar-refractivity contribution < 1.29 is 4.74 Å². The zero-order chi connectivity index (χ0) is 11.7. The molecule has 0 amide bonds. The Morgan fingerprint density at radius 2 is 2.06 bits per heavy atom. The van der Waals surface area contributed by atoms with Gasteiger partial charge in [0.1, 0.15) is 12.0 Å². The van der Waals surface area contributed by atoms with E-state index >= 15 is 0 Å². The smallest absolute Gasteiger partial charge is 0.212 e. The fourth-order valence-corrected chi connectivity index (χ4v) is 1.74. The summed E-state index contributed by atoms with van der Waals surface area (Å²) in [6.45, 7) is 0. The number of rotatable bonds is 2. The number of fused-ring (bicyclic) bond motifs is 1. The standard InChI is InChI=1S/C12H10N4O/c1-17-10-3-2-8(6-14-10)11-9-4-5-13-12(9)16-7-15-11/h2-7H,1H3,(H,13,15,16). The molecule has 3 heterocycles. The van der Waals surface area contributed by atoms with E-state index in [4.69, 9.17) is 4.74 Å². The van der Waals surface area contributed by atoms with Gasteiger partial charge in [0.05, 0.1) is 12.8 Å². The Morgan fingerprint density at radius 1 is 1.12 bits per heavy atom. The van der Waals surface area contributed by atoms with E-state index in [0.717, 1.165) is 22.3 Å². The second kappa shape index (κ2) is 3.86.